The van der Waals surface area contributed by atoms with E-state index in [9.17, 15) is 9.59 Å². The minimum Gasteiger partial charge on any atom is -0.493 e. The van der Waals surface area contributed by atoms with Gasteiger partial charge >= 0.3 is 5.97 Å². The van der Waals surface area contributed by atoms with Crippen molar-refractivity contribution >= 4 is 11.9 Å². The molecule has 3 rings (SSSR count). The number of carbonyl (C=O) groups excluding carboxylic acids is 2. The molecule has 0 saturated heterocycles. The van der Waals surface area contributed by atoms with Gasteiger partial charge in [-0.3, -0.25) is 4.79 Å². The van der Waals surface area contributed by atoms with Crippen LogP contribution in [0.15, 0.2) is 18.2 Å². The van der Waals surface area contributed by atoms with Gasteiger partial charge in [-0.15, -0.1) is 0 Å². The van der Waals surface area contributed by atoms with Gasteiger partial charge in [0.25, 0.3) is 0 Å². The number of benzene rings is 1. The Balaban J connectivity index is 1.80. The Morgan fingerprint density at radius 1 is 1.08 bits per heavy atom. The number of hydrogen-bond acceptors (Lipinski definition) is 5. The van der Waals surface area contributed by atoms with Crippen LogP contribution >= 0.6 is 0 Å². The number of nitrogens with one attached hydrogen (secondary N) is 1. The van der Waals surface area contributed by atoms with Gasteiger partial charge in [-0.25, -0.2) is 4.79 Å². The van der Waals surface area contributed by atoms with Gasteiger partial charge in [0.2, 0.25) is 5.91 Å². The normalized spacial score (nSPS) is 25.3. The van der Waals surface area contributed by atoms with E-state index in [0.717, 1.165) is 19.3 Å². The van der Waals surface area contributed by atoms with E-state index < -0.39 is 12.0 Å². The molecule has 4 atom stereocenters. The Bertz CT molecular complexity index is 659. The third kappa shape index (κ3) is 3.43. The fourth-order valence-corrected chi connectivity index (χ4v) is 4.24. The van der Waals surface area contributed by atoms with Gasteiger partial charge in [0, 0.05) is 5.92 Å². The van der Waals surface area contributed by atoms with Crippen LogP contribution in [0.3, 0.4) is 0 Å². The first-order valence-corrected chi connectivity index (χ1v) is 8.67. The highest BCUT2D eigenvalue weighted by molar-refractivity contribution is 5.87. The highest BCUT2D eigenvalue weighted by Crippen LogP contribution is 2.48. The molecule has 1 N–H and O–H groups in total. The molecule has 0 unspecified atom stereocenters. The monoisotopic (exact) mass is 347 g/mol. The Hall–Kier alpha value is -2.24. The Morgan fingerprint density at radius 3 is 2.40 bits per heavy atom. The van der Waals surface area contributed by atoms with Crippen molar-refractivity contribution in [2.45, 2.75) is 31.7 Å². The third-order valence-electron chi connectivity index (χ3n) is 5.54. The first-order chi connectivity index (χ1) is 12.1. The summed E-state index contributed by atoms with van der Waals surface area (Å²) in [6.07, 6.45) is 4.40. The molecule has 0 heterocycles. The van der Waals surface area contributed by atoms with Crippen LogP contribution in [-0.2, 0) is 14.3 Å². The van der Waals surface area contributed by atoms with Crippen molar-refractivity contribution in [1.29, 1.82) is 0 Å². The predicted molar refractivity (Wildman–Crippen MR) is 91.4 cm³/mol. The van der Waals surface area contributed by atoms with Gasteiger partial charge in [0.05, 0.1) is 21.3 Å². The number of methoxy groups -OCH3 is 3. The lowest BCUT2D eigenvalue weighted by atomic mass is 9.88. The molecular weight excluding hydrogens is 322 g/mol. The second-order valence-corrected chi connectivity index (χ2v) is 6.86. The van der Waals surface area contributed by atoms with Gasteiger partial charge in [0.1, 0.15) is 0 Å². The number of esters is 1. The minimum absolute atomic E-state index is 0.00560. The number of fused-ring (bicyclic) bond motifs is 2. The van der Waals surface area contributed by atoms with Crippen molar-refractivity contribution in [3.8, 4) is 11.5 Å². The van der Waals surface area contributed by atoms with Gasteiger partial charge in [0.15, 0.2) is 17.5 Å². The molecule has 2 fully saturated rings. The van der Waals surface area contributed by atoms with E-state index in [0.29, 0.717) is 28.9 Å². The molecule has 136 valence electrons. The maximum atomic E-state index is 12.7. The van der Waals surface area contributed by atoms with Crippen molar-refractivity contribution in [3.63, 3.8) is 0 Å². The van der Waals surface area contributed by atoms with Crippen molar-refractivity contribution in [3.05, 3.63) is 23.8 Å². The van der Waals surface area contributed by atoms with E-state index >= 15 is 0 Å². The Morgan fingerprint density at radius 2 is 1.84 bits per heavy atom. The van der Waals surface area contributed by atoms with Crippen LogP contribution in [0.1, 0.15) is 37.3 Å². The van der Waals surface area contributed by atoms with Crippen molar-refractivity contribution in [2.24, 2.45) is 17.8 Å². The lowest BCUT2D eigenvalue weighted by Gasteiger charge is -2.24. The fraction of sp³-hybridized carbons (Fsp3) is 0.579. The molecule has 25 heavy (non-hydrogen) atoms. The van der Waals surface area contributed by atoms with E-state index in [1.165, 1.54) is 20.6 Å². The summed E-state index contributed by atoms with van der Waals surface area (Å²) in [7, 11) is 4.40. The van der Waals surface area contributed by atoms with Crippen molar-refractivity contribution < 1.29 is 23.8 Å². The Labute approximate surface area is 147 Å². The third-order valence-corrected chi connectivity index (χ3v) is 5.54. The molecular formula is C19H25NO5. The van der Waals surface area contributed by atoms with Gasteiger partial charge in [-0.05, 0) is 48.8 Å². The van der Waals surface area contributed by atoms with E-state index in [1.54, 1.807) is 25.3 Å². The zero-order valence-corrected chi connectivity index (χ0v) is 14.9. The molecule has 1 amide bonds. The molecule has 6 heteroatoms. The summed E-state index contributed by atoms with van der Waals surface area (Å²) in [5.74, 6) is 1.64. The summed E-state index contributed by atoms with van der Waals surface area (Å²) in [6, 6.07) is 4.30. The molecule has 0 radical (unpaired) electrons. The summed E-state index contributed by atoms with van der Waals surface area (Å²) >= 11 is 0. The standard InChI is InChI=1S/C19H25NO5/c1-23-15-7-6-13(10-16(15)24-2)17(19(22)25-3)20-18(21)14-9-11-4-5-12(14)8-11/h6-7,10-12,14,17H,4-5,8-9H2,1-3H3,(H,20,21)/t11-,12-,14-,17-/m0/s1. The van der Waals surface area contributed by atoms with Crippen LogP contribution in [0.25, 0.3) is 0 Å². The van der Waals surface area contributed by atoms with E-state index in [-0.39, 0.29) is 11.8 Å². The average Bonchev–Trinajstić information content (AvgIpc) is 3.28. The molecule has 6 nitrogen and oxygen atoms in total. The molecule has 0 aromatic heterocycles. The SMILES string of the molecule is COC(=O)[C@@H](NC(=O)[C@H]1C[C@H]2CC[C@H]1C2)c1ccc(OC)c(OC)c1. The van der Waals surface area contributed by atoms with Crippen LogP contribution in [-0.4, -0.2) is 33.2 Å². The second kappa shape index (κ2) is 7.33. The zero-order valence-electron chi connectivity index (χ0n) is 14.9. The summed E-state index contributed by atoms with van der Waals surface area (Å²) in [5.41, 5.74) is 0.612. The first kappa shape index (κ1) is 17.6. The molecule has 2 aliphatic carbocycles. The van der Waals surface area contributed by atoms with Crippen molar-refractivity contribution in [2.75, 3.05) is 21.3 Å². The lowest BCUT2D eigenvalue weighted by Crippen LogP contribution is -2.39. The number of carbonyl (C=O) groups is 2. The Kier molecular flexibility index (Phi) is 5.16. The van der Waals surface area contributed by atoms with Crippen molar-refractivity contribution in [1.82, 2.24) is 5.32 Å². The zero-order chi connectivity index (χ0) is 18.0. The maximum absolute atomic E-state index is 12.7. The minimum atomic E-state index is -0.851. The summed E-state index contributed by atoms with van der Waals surface area (Å²) in [4.78, 5) is 25.0. The summed E-state index contributed by atoms with van der Waals surface area (Å²) in [6.45, 7) is 0. The maximum Gasteiger partial charge on any atom is 0.333 e. The van der Waals surface area contributed by atoms with Crippen LogP contribution in [0.5, 0.6) is 11.5 Å². The fourth-order valence-electron chi connectivity index (χ4n) is 4.24. The largest absolute Gasteiger partial charge is 0.493 e. The number of hydrogen-bond donors (Lipinski definition) is 1. The molecule has 2 aliphatic rings. The number of ether oxygens (including phenoxy) is 3. The van der Waals surface area contributed by atoms with Crippen LogP contribution in [0.4, 0.5) is 0 Å². The molecule has 2 bridgehead atoms. The topological polar surface area (TPSA) is 73.9 Å². The molecule has 0 aliphatic heterocycles. The van der Waals surface area contributed by atoms with Gasteiger partial charge in [-0.2, -0.15) is 0 Å². The highest BCUT2D eigenvalue weighted by Gasteiger charge is 2.44. The van der Waals surface area contributed by atoms with Crippen LogP contribution in [0, 0.1) is 17.8 Å². The van der Waals surface area contributed by atoms with E-state index in [1.807, 2.05) is 0 Å². The molecule has 1 aromatic rings. The summed E-state index contributed by atoms with van der Waals surface area (Å²) < 4.78 is 15.4. The quantitative estimate of drug-likeness (QED) is 0.800. The van der Waals surface area contributed by atoms with Gasteiger partial charge in [-0.1, -0.05) is 12.5 Å². The molecule has 1 aromatic carbocycles. The lowest BCUT2D eigenvalue weighted by molar-refractivity contribution is -0.146. The smallest absolute Gasteiger partial charge is 0.333 e. The van der Waals surface area contributed by atoms with E-state index in [2.05, 4.69) is 5.32 Å². The summed E-state index contributed by atoms with van der Waals surface area (Å²) in [5, 5.41) is 2.89. The van der Waals surface area contributed by atoms with E-state index in [4.69, 9.17) is 14.2 Å². The predicted octanol–water partition coefficient (Wildman–Crippen LogP) is 2.47. The van der Waals surface area contributed by atoms with Crippen LogP contribution in [0.2, 0.25) is 0 Å². The van der Waals surface area contributed by atoms with Gasteiger partial charge < -0.3 is 19.5 Å². The second-order valence-electron chi connectivity index (χ2n) is 6.86. The first-order valence-electron chi connectivity index (χ1n) is 8.67. The van der Waals surface area contributed by atoms with Crippen LogP contribution < -0.4 is 14.8 Å². The average molecular weight is 347 g/mol. The molecule has 0 spiro atoms. The highest BCUT2D eigenvalue weighted by atomic mass is 16.5. The number of amides is 1. The molecule has 2 saturated carbocycles. The number of rotatable bonds is 6.